The van der Waals surface area contributed by atoms with Crippen molar-refractivity contribution in [3.8, 4) is 0 Å². The number of ether oxygens (including phenoxy) is 1. The molecule has 0 radical (unpaired) electrons. The van der Waals surface area contributed by atoms with Gasteiger partial charge in [-0.25, -0.2) is 4.79 Å². The van der Waals surface area contributed by atoms with Gasteiger partial charge >= 0.3 is 6.09 Å². The number of hydrogen-bond acceptors (Lipinski definition) is 7. The molecule has 5 amide bonds. The fourth-order valence-electron chi connectivity index (χ4n) is 4.46. The smallest absolute Gasteiger partial charge is 0.410 e. The molecule has 0 spiro atoms. The lowest BCUT2D eigenvalue weighted by Crippen LogP contribution is -2.50. The van der Waals surface area contributed by atoms with E-state index >= 15 is 0 Å². The first kappa shape index (κ1) is 21.9. The number of piperazine rings is 1. The first-order valence-corrected chi connectivity index (χ1v) is 10.6. The van der Waals surface area contributed by atoms with E-state index in [0.29, 0.717) is 30.8 Å². The molecule has 1 aromatic rings. The van der Waals surface area contributed by atoms with Crippen LogP contribution in [0.15, 0.2) is 12.1 Å². The van der Waals surface area contributed by atoms with Crippen molar-refractivity contribution in [2.45, 2.75) is 51.2 Å². The normalized spacial score (nSPS) is 23.5. The fraction of sp³-hybridized carbons (Fsp3) is 0.500. The third-order valence-corrected chi connectivity index (χ3v) is 5.80. The third-order valence-electron chi connectivity index (χ3n) is 5.80. The van der Waals surface area contributed by atoms with Crippen LogP contribution in [-0.2, 0) is 14.3 Å². The Hall–Kier alpha value is -3.27. The van der Waals surface area contributed by atoms with Crippen LogP contribution in [0, 0.1) is 0 Å². The largest absolute Gasteiger partial charge is 0.444 e. The highest BCUT2D eigenvalue weighted by Gasteiger charge is 2.41. The molecule has 10 heteroatoms. The summed E-state index contributed by atoms with van der Waals surface area (Å²) in [4.78, 5) is 64.0. The van der Waals surface area contributed by atoms with E-state index in [-0.39, 0.29) is 29.9 Å². The van der Waals surface area contributed by atoms with Crippen molar-refractivity contribution >= 4 is 29.7 Å². The molecule has 2 unspecified atom stereocenters. The van der Waals surface area contributed by atoms with Crippen LogP contribution in [0.3, 0.4) is 0 Å². The molecular weight excluding hydrogens is 416 g/mol. The summed E-state index contributed by atoms with van der Waals surface area (Å²) in [6.07, 6.45) is -0.171. The molecule has 2 fully saturated rings. The van der Waals surface area contributed by atoms with Gasteiger partial charge < -0.3 is 10.1 Å². The Morgan fingerprint density at radius 1 is 1.09 bits per heavy atom. The predicted octanol–water partition coefficient (Wildman–Crippen LogP) is 0.972. The number of amides is 5. The van der Waals surface area contributed by atoms with Gasteiger partial charge in [-0.2, -0.15) is 0 Å². The first-order valence-electron chi connectivity index (χ1n) is 10.6. The molecule has 3 aliphatic rings. The van der Waals surface area contributed by atoms with E-state index in [1.807, 2.05) is 0 Å². The molecule has 0 bridgehead atoms. The SMILES string of the molecule is CC(C)(C)OC(=O)N1CCNCC1c1ccc2c(c1C1CCC(=O)NC1=O)C(=O)NC2=O. The number of fused-ring (bicyclic) bond motifs is 1. The molecular formula is C22H26N4O6. The number of rotatable bonds is 2. The Labute approximate surface area is 185 Å². The highest BCUT2D eigenvalue weighted by Crippen LogP contribution is 2.39. The summed E-state index contributed by atoms with van der Waals surface area (Å²) >= 11 is 0. The summed E-state index contributed by atoms with van der Waals surface area (Å²) < 4.78 is 5.58. The van der Waals surface area contributed by atoms with Crippen molar-refractivity contribution in [3.63, 3.8) is 0 Å². The van der Waals surface area contributed by atoms with E-state index in [2.05, 4.69) is 16.0 Å². The standard InChI is InChI=1S/C22H26N4O6/c1-22(2,3)32-21(31)26-9-8-23-10-14(26)11-4-5-13-17(20(30)25-19(13)29)16(11)12-6-7-15(27)24-18(12)28/h4-5,12,14,23H,6-10H2,1-3H3,(H,24,27,28)(H,25,29,30). The van der Waals surface area contributed by atoms with Gasteiger partial charge in [0, 0.05) is 26.1 Å². The van der Waals surface area contributed by atoms with Gasteiger partial charge in [0.25, 0.3) is 11.8 Å². The third kappa shape index (κ3) is 3.97. The van der Waals surface area contributed by atoms with Gasteiger partial charge in [0.1, 0.15) is 5.60 Å². The van der Waals surface area contributed by atoms with Crippen LogP contribution in [-0.4, -0.2) is 59.9 Å². The van der Waals surface area contributed by atoms with Crippen molar-refractivity contribution in [2.24, 2.45) is 0 Å². The number of imide groups is 2. The van der Waals surface area contributed by atoms with Gasteiger partial charge in [-0.05, 0) is 44.4 Å². The van der Waals surface area contributed by atoms with Crippen molar-refractivity contribution < 1.29 is 28.7 Å². The molecule has 170 valence electrons. The molecule has 1 aromatic carbocycles. The van der Waals surface area contributed by atoms with E-state index < -0.39 is 41.4 Å². The van der Waals surface area contributed by atoms with Crippen LogP contribution in [0.1, 0.15) is 77.4 Å². The second-order valence-electron chi connectivity index (χ2n) is 9.17. The lowest BCUT2D eigenvalue weighted by molar-refractivity contribution is -0.134. The van der Waals surface area contributed by atoms with Gasteiger partial charge in [0.05, 0.1) is 23.1 Å². The minimum Gasteiger partial charge on any atom is -0.444 e. The summed E-state index contributed by atoms with van der Waals surface area (Å²) in [5, 5.41) is 7.85. The first-order chi connectivity index (χ1) is 15.1. The second kappa shape index (κ2) is 8.01. The minimum atomic E-state index is -0.795. The number of nitrogens with one attached hydrogen (secondary N) is 3. The average Bonchev–Trinajstić information content (AvgIpc) is 3.00. The van der Waals surface area contributed by atoms with Crippen LogP contribution >= 0.6 is 0 Å². The molecule has 32 heavy (non-hydrogen) atoms. The Morgan fingerprint density at radius 2 is 1.84 bits per heavy atom. The maximum atomic E-state index is 13.0. The van der Waals surface area contributed by atoms with Crippen molar-refractivity contribution in [3.05, 3.63) is 34.4 Å². The zero-order valence-electron chi connectivity index (χ0n) is 18.2. The highest BCUT2D eigenvalue weighted by atomic mass is 16.6. The highest BCUT2D eigenvalue weighted by molar-refractivity contribution is 6.23. The van der Waals surface area contributed by atoms with Crippen molar-refractivity contribution in [2.75, 3.05) is 19.6 Å². The number of carbonyl (C=O) groups is 5. The van der Waals surface area contributed by atoms with E-state index in [1.54, 1.807) is 37.8 Å². The van der Waals surface area contributed by atoms with Gasteiger partial charge in [-0.1, -0.05) is 6.07 Å². The Morgan fingerprint density at radius 3 is 2.53 bits per heavy atom. The number of nitrogens with zero attached hydrogens (tertiary/aromatic N) is 1. The molecule has 0 aromatic heterocycles. The minimum absolute atomic E-state index is 0.119. The lowest BCUT2D eigenvalue weighted by atomic mass is 9.80. The molecule has 3 heterocycles. The second-order valence-corrected chi connectivity index (χ2v) is 9.17. The van der Waals surface area contributed by atoms with Crippen molar-refractivity contribution in [1.82, 2.24) is 20.9 Å². The topological polar surface area (TPSA) is 134 Å². The maximum Gasteiger partial charge on any atom is 0.410 e. The molecule has 3 N–H and O–H groups in total. The molecule has 2 saturated heterocycles. The van der Waals surface area contributed by atoms with Crippen LogP contribution in [0.4, 0.5) is 4.79 Å². The summed E-state index contributed by atoms with van der Waals surface area (Å²) in [6.45, 7) is 6.66. The molecule has 2 atom stereocenters. The number of piperidine rings is 1. The van der Waals surface area contributed by atoms with Crippen molar-refractivity contribution in [1.29, 1.82) is 0 Å². The lowest BCUT2D eigenvalue weighted by Gasteiger charge is -2.39. The number of benzene rings is 1. The molecule has 0 saturated carbocycles. The summed E-state index contributed by atoms with van der Waals surface area (Å²) in [6, 6.07) is 2.71. The van der Waals surface area contributed by atoms with Crippen LogP contribution < -0.4 is 16.0 Å². The Kier molecular flexibility index (Phi) is 5.49. The quantitative estimate of drug-likeness (QED) is 0.581. The maximum absolute atomic E-state index is 13.0. The summed E-state index contributed by atoms with van der Waals surface area (Å²) in [7, 11) is 0. The van der Waals surface area contributed by atoms with Crippen LogP contribution in [0.25, 0.3) is 0 Å². The van der Waals surface area contributed by atoms with Gasteiger partial charge in [0.15, 0.2) is 0 Å². The van der Waals surface area contributed by atoms with Gasteiger partial charge in [0.2, 0.25) is 11.8 Å². The zero-order chi connectivity index (χ0) is 23.2. The van der Waals surface area contributed by atoms with E-state index in [0.717, 1.165) is 0 Å². The molecule has 0 aliphatic carbocycles. The molecule has 10 nitrogen and oxygen atoms in total. The average molecular weight is 442 g/mol. The zero-order valence-corrected chi connectivity index (χ0v) is 18.2. The van der Waals surface area contributed by atoms with Gasteiger partial charge in [-0.15, -0.1) is 0 Å². The Balaban J connectivity index is 1.83. The van der Waals surface area contributed by atoms with E-state index in [4.69, 9.17) is 4.74 Å². The van der Waals surface area contributed by atoms with E-state index in [1.165, 1.54) is 0 Å². The van der Waals surface area contributed by atoms with Gasteiger partial charge in [-0.3, -0.25) is 34.7 Å². The monoisotopic (exact) mass is 442 g/mol. The summed E-state index contributed by atoms with van der Waals surface area (Å²) in [5.74, 6) is -2.81. The van der Waals surface area contributed by atoms with E-state index in [9.17, 15) is 24.0 Å². The number of carbonyl (C=O) groups excluding carboxylic acids is 5. The number of hydrogen-bond donors (Lipinski definition) is 3. The predicted molar refractivity (Wildman–Crippen MR) is 112 cm³/mol. The summed E-state index contributed by atoms with van der Waals surface area (Å²) in [5.41, 5.74) is 0.602. The molecule has 3 aliphatic heterocycles. The van der Waals surface area contributed by atoms with Crippen LogP contribution in [0.2, 0.25) is 0 Å². The Bertz CT molecular complexity index is 1030. The van der Waals surface area contributed by atoms with Crippen LogP contribution in [0.5, 0.6) is 0 Å². The fourth-order valence-corrected chi connectivity index (χ4v) is 4.46. The molecule has 4 rings (SSSR count).